The molecule has 0 unspecified atom stereocenters. The van der Waals surface area contributed by atoms with Gasteiger partial charge in [-0.1, -0.05) is 54.1 Å². The van der Waals surface area contributed by atoms with Crippen molar-refractivity contribution < 1.29 is 4.39 Å². The van der Waals surface area contributed by atoms with E-state index in [0.717, 1.165) is 17.9 Å². The zero-order valence-electron chi connectivity index (χ0n) is 15.6. The van der Waals surface area contributed by atoms with E-state index in [1.165, 1.54) is 44.6 Å². The lowest BCUT2D eigenvalue weighted by Gasteiger charge is -2.09. The predicted octanol–water partition coefficient (Wildman–Crippen LogP) is 6.74. The maximum absolute atomic E-state index is 13.1. The van der Waals surface area contributed by atoms with Gasteiger partial charge in [-0.2, -0.15) is 0 Å². The summed E-state index contributed by atoms with van der Waals surface area (Å²) in [5.41, 5.74) is 6.34. The molecular formula is C24H22FNS. The average Bonchev–Trinajstić information content (AvgIpc) is 3.02. The van der Waals surface area contributed by atoms with Crippen LogP contribution in [0.3, 0.4) is 0 Å². The van der Waals surface area contributed by atoms with E-state index in [-0.39, 0.29) is 5.82 Å². The molecule has 0 atom stereocenters. The monoisotopic (exact) mass is 375 g/mol. The van der Waals surface area contributed by atoms with Crippen LogP contribution in [0.15, 0.2) is 77.8 Å². The van der Waals surface area contributed by atoms with Gasteiger partial charge in [0.05, 0.1) is 0 Å². The molecule has 0 aliphatic rings. The molecule has 0 radical (unpaired) electrons. The number of thioether (sulfide) groups is 1. The molecule has 0 saturated heterocycles. The van der Waals surface area contributed by atoms with E-state index in [9.17, 15) is 4.39 Å². The Labute approximate surface area is 163 Å². The van der Waals surface area contributed by atoms with E-state index in [1.807, 2.05) is 12.1 Å². The second-order valence-electron chi connectivity index (χ2n) is 6.98. The minimum Gasteiger partial charge on any atom is -0.342 e. The molecule has 27 heavy (non-hydrogen) atoms. The molecule has 3 aromatic carbocycles. The van der Waals surface area contributed by atoms with Gasteiger partial charge in [-0.05, 0) is 48.7 Å². The maximum Gasteiger partial charge on any atom is 0.123 e. The molecular weight excluding hydrogens is 353 g/mol. The highest BCUT2D eigenvalue weighted by atomic mass is 32.2. The molecule has 1 heterocycles. The summed E-state index contributed by atoms with van der Waals surface area (Å²) in [7, 11) is 0. The molecule has 0 spiro atoms. The Morgan fingerprint density at radius 3 is 2.52 bits per heavy atom. The third-order valence-corrected chi connectivity index (χ3v) is 6.02. The van der Waals surface area contributed by atoms with Gasteiger partial charge in [0.2, 0.25) is 0 Å². The highest BCUT2D eigenvalue weighted by molar-refractivity contribution is 7.98. The summed E-state index contributed by atoms with van der Waals surface area (Å²) in [6, 6.07) is 22.0. The fourth-order valence-electron chi connectivity index (χ4n) is 3.35. The SMILES string of the molecule is Cc1ccc(C)c(Cn2cc(SCc3ccc(F)cc3)c3ccccc32)c1. The fraction of sp³-hybridized carbons (Fsp3) is 0.167. The van der Waals surface area contributed by atoms with Crippen molar-refractivity contribution in [1.29, 1.82) is 0 Å². The summed E-state index contributed by atoms with van der Waals surface area (Å²) in [6.07, 6.45) is 2.25. The van der Waals surface area contributed by atoms with Crippen LogP contribution in [-0.2, 0) is 12.3 Å². The van der Waals surface area contributed by atoms with Gasteiger partial charge in [0.15, 0.2) is 0 Å². The molecule has 3 heteroatoms. The molecule has 0 bridgehead atoms. The van der Waals surface area contributed by atoms with Crippen LogP contribution in [0.25, 0.3) is 10.9 Å². The first-order valence-electron chi connectivity index (χ1n) is 9.11. The lowest BCUT2D eigenvalue weighted by atomic mass is 10.1. The van der Waals surface area contributed by atoms with E-state index in [2.05, 4.69) is 67.1 Å². The summed E-state index contributed by atoms with van der Waals surface area (Å²) in [5, 5.41) is 1.27. The zero-order valence-corrected chi connectivity index (χ0v) is 16.4. The largest absolute Gasteiger partial charge is 0.342 e. The zero-order chi connectivity index (χ0) is 18.8. The fourth-order valence-corrected chi connectivity index (χ4v) is 4.40. The van der Waals surface area contributed by atoms with Gasteiger partial charge < -0.3 is 4.57 Å². The number of rotatable bonds is 5. The molecule has 4 aromatic rings. The number of halogens is 1. The topological polar surface area (TPSA) is 4.93 Å². The van der Waals surface area contributed by atoms with Crippen LogP contribution < -0.4 is 0 Å². The highest BCUT2D eigenvalue weighted by Gasteiger charge is 2.10. The van der Waals surface area contributed by atoms with Gasteiger partial charge in [0.1, 0.15) is 5.82 Å². The number of hydrogen-bond donors (Lipinski definition) is 0. The molecule has 0 N–H and O–H groups in total. The molecule has 4 rings (SSSR count). The van der Waals surface area contributed by atoms with Gasteiger partial charge in [-0.3, -0.25) is 0 Å². The average molecular weight is 376 g/mol. The van der Waals surface area contributed by atoms with Crippen LogP contribution in [0.4, 0.5) is 4.39 Å². The van der Waals surface area contributed by atoms with Crippen LogP contribution >= 0.6 is 11.8 Å². The Hall–Kier alpha value is -2.52. The van der Waals surface area contributed by atoms with Crippen LogP contribution in [0.1, 0.15) is 22.3 Å². The number of nitrogens with zero attached hydrogens (tertiary/aromatic N) is 1. The van der Waals surface area contributed by atoms with Crippen molar-refractivity contribution >= 4 is 22.7 Å². The maximum atomic E-state index is 13.1. The normalized spacial score (nSPS) is 11.2. The van der Waals surface area contributed by atoms with Crippen LogP contribution in [0, 0.1) is 19.7 Å². The Morgan fingerprint density at radius 2 is 1.70 bits per heavy atom. The first-order chi connectivity index (χ1) is 13.1. The quantitative estimate of drug-likeness (QED) is 0.350. The van der Waals surface area contributed by atoms with Gasteiger partial charge >= 0.3 is 0 Å². The molecule has 0 aliphatic heterocycles. The summed E-state index contributed by atoms with van der Waals surface area (Å²) in [4.78, 5) is 1.26. The standard InChI is InChI=1S/C24H22FNS/c1-17-7-8-18(2)20(13-17)14-26-15-24(22-5-3-4-6-23(22)26)27-16-19-9-11-21(25)12-10-19/h3-13,15H,14,16H2,1-2H3. The molecule has 0 amide bonds. The summed E-state index contributed by atoms with van der Waals surface area (Å²) in [6.45, 7) is 5.18. The molecule has 0 aliphatic carbocycles. The lowest BCUT2D eigenvalue weighted by Crippen LogP contribution is -2.00. The highest BCUT2D eigenvalue weighted by Crippen LogP contribution is 2.32. The minimum absolute atomic E-state index is 0.186. The van der Waals surface area contributed by atoms with E-state index in [1.54, 1.807) is 11.8 Å². The number of aromatic nitrogens is 1. The van der Waals surface area contributed by atoms with Crippen molar-refractivity contribution in [2.45, 2.75) is 31.0 Å². The molecule has 1 aromatic heterocycles. The van der Waals surface area contributed by atoms with E-state index in [4.69, 9.17) is 0 Å². The third-order valence-electron chi connectivity index (χ3n) is 4.90. The lowest BCUT2D eigenvalue weighted by molar-refractivity contribution is 0.627. The Kier molecular flexibility index (Phi) is 5.04. The van der Waals surface area contributed by atoms with Crippen molar-refractivity contribution in [3.63, 3.8) is 0 Å². The third kappa shape index (κ3) is 3.93. The molecule has 136 valence electrons. The van der Waals surface area contributed by atoms with Crippen LogP contribution in [0.5, 0.6) is 0 Å². The van der Waals surface area contributed by atoms with Gasteiger partial charge in [-0.25, -0.2) is 4.39 Å². The number of benzene rings is 3. The Morgan fingerprint density at radius 1 is 0.926 bits per heavy atom. The van der Waals surface area contributed by atoms with E-state index in [0.29, 0.717) is 0 Å². The van der Waals surface area contributed by atoms with Gasteiger partial charge in [0.25, 0.3) is 0 Å². The molecule has 0 saturated carbocycles. The van der Waals surface area contributed by atoms with Crippen LogP contribution in [-0.4, -0.2) is 4.57 Å². The second kappa shape index (κ2) is 7.61. The first kappa shape index (κ1) is 17.9. The molecule has 1 nitrogen and oxygen atoms in total. The smallest absolute Gasteiger partial charge is 0.123 e. The summed E-state index contributed by atoms with van der Waals surface area (Å²) in [5.74, 6) is 0.645. The van der Waals surface area contributed by atoms with Gasteiger partial charge in [0, 0.05) is 34.3 Å². The Balaban J connectivity index is 1.64. The van der Waals surface area contributed by atoms with Crippen molar-refractivity contribution in [2.75, 3.05) is 0 Å². The number of hydrogen-bond acceptors (Lipinski definition) is 1. The van der Waals surface area contributed by atoms with Gasteiger partial charge in [-0.15, -0.1) is 11.8 Å². The number of aryl methyl sites for hydroxylation is 2. The minimum atomic E-state index is -0.186. The van der Waals surface area contributed by atoms with Crippen LogP contribution in [0.2, 0.25) is 0 Å². The summed E-state index contributed by atoms with van der Waals surface area (Å²) < 4.78 is 15.5. The van der Waals surface area contributed by atoms with Crippen molar-refractivity contribution in [1.82, 2.24) is 4.57 Å². The van der Waals surface area contributed by atoms with E-state index >= 15 is 0 Å². The van der Waals surface area contributed by atoms with Crippen molar-refractivity contribution in [3.8, 4) is 0 Å². The second-order valence-corrected chi connectivity index (χ2v) is 8.00. The number of fused-ring (bicyclic) bond motifs is 1. The first-order valence-corrected chi connectivity index (χ1v) is 10.1. The number of para-hydroxylation sites is 1. The Bertz CT molecular complexity index is 1080. The molecule has 0 fully saturated rings. The van der Waals surface area contributed by atoms with Crippen molar-refractivity contribution in [3.05, 3.63) is 101 Å². The predicted molar refractivity (Wildman–Crippen MR) is 113 cm³/mol. The summed E-state index contributed by atoms with van der Waals surface area (Å²) >= 11 is 1.80. The van der Waals surface area contributed by atoms with Crippen molar-refractivity contribution in [2.24, 2.45) is 0 Å². The van der Waals surface area contributed by atoms with E-state index < -0.39 is 0 Å².